The Balaban J connectivity index is 2.29. The minimum atomic E-state index is -1.21. The van der Waals surface area contributed by atoms with Gasteiger partial charge in [-0.1, -0.05) is 18.2 Å². The van der Waals surface area contributed by atoms with Gasteiger partial charge in [-0.15, -0.1) is 0 Å². The van der Waals surface area contributed by atoms with Gasteiger partial charge in [0, 0.05) is 11.3 Å². The maximum atomic E-state index is 12.8. The molecule has 0 aliphatic heterocycles. The Labute approximate surface area is 152 Å². The summed E-state index contributed by atoms with van der Waals surface area (Å²) in [6.07, 6.45) is 2.44. The van der Waals surface area contributed by atoms with Crippen LogP contribution in [0.3, 0.4) is 0 Å². The molecule has 0 spiro atoms. The molecule has 1 atom stereocenters. The topological polar surface area (TPSA) is 69.7 Å². The largest absolute Gasteiger partial charge is 0.465 e. The summed E-state index contributed by atoms with van der Waals surface area (Å²) in [4.78, 5) is 37.8. The van der Waals surface area contributed by atoms with Crippen LogP contribution in [0.5, 0.6) is 0 Å². The van der Waals surface area contributed by atoms with E-state index in [1.54, 1.807) is 45.0 Å². The van der Waals surface area contributed by atoms with Crippen molar-refractivity contribution in [1.29, 1.82) is 0 Å². The molecule has 2 rings (SSSR count). The molecular weight excluding hydrogens is 340 g/mol. The SMILES string of the molecule is COC(=O)c1ccc(SC2(C(=O)OC(C)(C)C)CCCCC2=O)cc1. The van der Waals surface area contributed by atoms with E-state index in [0.29, 0.717) is 18.4 Å². The first-order valence-electron chi connectivity index (χ1n) is 8.32. The van der Waals surface area contributed by atoms with Crippen LogP contribution in [0.2, 0.25) is 0 Å². The molecular formula is C19H24O5S. The van der Waals surface area contributed by atoms with Crippen LogP contribution in [0, 0.1) is 0 Å². The summed E-state index contributed by atoms with van der Waals surface area (Å²) in [7, 11) is 1.32. The summed E-state index contributed by atoms with van der Waals surface area (Å²) in [5, 5.41) is 0. The van der Waals surface area contributed by atoms with E-state index in [2.05, 4.69) is 4.74 Å². The molecule has 1 aromatic carbocycles. The van der Waals surface area contributed by atoms with Crippen molar-refractivity contribution >= 4 is 29.5 Å². The third kappa shape index (κ3) is 4.63. The number of thioether (sulfide) groups is 1. The molecule has 0 N–H and O–H groups in total. The van der Waals surface area contributed by atoms with Crippen LogP contribution in [0.15, 0.2) is 29.2 Å². The van der Waals surface area contributed by atoms with Gasteiger partial charge in [-0.2, -0.15) is 0 Å². The van der Waals surface area contributed by atoms with Crippen molar-refractivity contribution in [2.24, 2.45) is 0 Å². The number of benzene rings is 1. The van der Waals surface area contributed by atoms with Gasteiger partial charge in [0.1, 0.15) is 5.60 Å². The summed E-state index contributed by atoms with van der Waals surface area (Å²) in [5.74, 6) is -0.992. The number of ether oxygens (including phenoxy) is 2. The van der Waals surface area contributed by atoms with Crippen LogP contribution >= 0.6 is 11.8 Å². The normalized spacial score (nSPS) is 20.9. The number of Topliss-reactive ketones (excluding diaryl/α,β-unsaturated/α-hetero) is 1. The number of esters is 2. The standard InChI is InChI=1S/C19H24O5S/c1-18(2,3)24-17(22)19(12-6-5-7-15(19)20)25-14-10-8-13(9-11-14)16(21)23-4/h8-11H,5-7,12H2,1-4H3. The van der Waals surface area contributed by atoms with Crippen LogP contribution in [-0.2, 0) is 19.1 Å². The summed E-state index contributed by atoms with van der Waals surface area (Å²) in [6, 6.07) is 6.71. The van der Waals surface area contributed by atoms with E-state index < -0.39 is 22.3 Å². The number of hydrogen-bond acceptors (Lipinski definition) is 6. The summed E-state index contributed by atoms with van der Waals surface area (Å²) >= 11 is 1.22. The molecule has 1 aliphatic rings. The first-order chi connectivity index (χ1) is 11.7. The molecule has 1 unspecified atom stereocenters. The van der Waals surface area contributed by atoms with E-state index in [1.807, 2.05) is 0 Å². The Kier molecular flexibility index (Phi) is 5.93. The Morgan fingerprint density at radius 3 is 2.28 bits per heavy atom. The van der Waals surface area contributed by atoms with E-state index in [9.17, 15) is 14.4 Å². The van der Waals surface area contributed by atoms with Crippen molar-refractivity contribution in [1.82, 2.24) is 0 Å². The van der Waals surface area contributed by atoms with Crippen LogP contribution in [0.4, 0.5) is 0 Å². The molecule has 5 nitrogen and oxygen atoms in total. The van der Waals surface area contributed by atoms with Crippen molar-refractivity contribution in [3.05, 3.63) is 29.8 Å². The molecule has 1 fully saturated rings. The molecule has 0 amide bonds. The number of rotatable bonds is 4. The zero-order chi connectivity index (χ0) is 18.7. The molecule has 25 heavy (non-hydrogen) atoms. The van der Waals surface area contributed by atoms with Crippen molar-refractivity contribution in [3.8, 4) is 0 Å². The average molecular weight is 364 g/mol. The molecule has 136 valence electrons. The van der Waals surface area contributed by atoms with Gasteiger partial charge in [0.05, 0.1) is 12.7 Å². The van der Waals surface area contributed by atoms with Crippen molar-refractivity contribution in [2.75, 3.05) is 7.11 Å². The fourth-order valence-electron chi connectivity index (χ4n) is 2.70. The van der Waals surface area contributed by atoms with Gasteiger partial charge >= 0.3 is 11.9 Å². The van der Waals surface area contributed by atoms with Gasteiger partial charge in [-0.05, 0) is 57.9 Å². The lowest BCUT2D eigenvalue weighted by Gasteiger charge is -2.35. The first kappa shape index (κ1) is 19.5. The molecule has 0 aromatic heterocycles. The van der Waals surface area contributed by atoms with Crippen molar-refractivity contribution in [2.45, 2.75) is 61.7 Å². The van der Waals surface area contributed by atoms with Crippen LogP contribution in [0.25, 0.3) is 0 Å². The Morgan fingerprint density at radius 2 is 1.76 bits per heavy atom. The van der Waals surface area contributed by atoms with Crippen molar-refractivity contribution < 1.29 is 23.9 Å². The van der Waals surface area contributed by atoms with Gasteiger partial charge in [0.15, 0.2) is 10.5 Å². The number of methoxy groups -OCH3 is 1. The highest BCUT2D eigenvalue weighted by atomic mass is 32.2. The molecule has 0 saturated heterocycles. The fraction of sp³-hybridized carbons (Fsp3) is 0.526. The Morgan fingerprint density at radius 1 is 1.12 bits per heavy atom. The highest BCUT2D eigenvalue weighted by Gasteiger charge is 2.50. The highest BCUT2D eigenvalue weighted by Crippen LogP contribution is 2.43. The van der Waals surface area contributed by atoms with E-state index in [0.717, 1.165) is 17.7 Å². The summed E-state index contributed by atoms with van der Waals surface area (Å²) in [5.41, 5.74) is -0.231. The lowest BCUT2D eigenvalue weighted by molar-refractivity contribution is -0.160. The fourth-order valence-corrected chi connectivity index (χ4v) is 3.97. The molecule has 6 heteroatoms. The second kappa shape index (κ2) is 7.60. The molecule has 0 radical (unpaired) electrons. The number of carbonyl (C=O) groups excluding carboxylic acids is 3. The predicted octanol–water partition coefficient (Wildman–Crippen LogP) is 3.79. The molecule has 0 heterocycles. The quantitative estimate of drug-likeness (QED) is 0.598. The van der Waals surface area contributed by atoms with Gasteiger partial charge in [-0.25, -0.2) is 4.79 Å². The summed E-state index contributed by atoms with van der Waals surface area (Å²) in [6.45, 7) is 5.38. The maximum absolute atomic E-state index is 12.8. The van der Waals surface area contributed by atoms with Gasteiger partial charge in [0.25, 0.3) is 0 Å². The number of carbonyl (C=O) groups is 3. The van der Waals surface area contributed by atoms with Crippen LogP contribution < -0.4 is 0 Å². The zero-order valence-corrected chi connectivity index (χ0v) is 15.9. The smallest absolute Gasteiger partial charge is 0.337 e. The summed E-state index contributed by atoms with van der Waals surface area (Å²) < 4.78 is 9.02. The molecule has 1 aromatic rings. The van der Waals surface area contributed by atoms with Crippen molar-refractivity contribution in [3.63, 3.8) is 0 Å². The van der Waals surface area contributed by atoms with Gasteiger partial charge in [0.2, 0.25) is 0 Å². The predicted molar refractivity (Wildman–Crippen MR) is 95.7 cm³/mol. The first-order valence-corrected chi connectivity index (χ1v) is 9.14. The Bertz CT molecular complexity index is 659. The van der Waals surface area contributed by atoms with E-state index in [1.165, 1.54) is 18.9 Å². The molecule has 0 bridgehead atoms. The molecule has 1 aliphatic carbocycles. The Hall–Kier alpha value is -1.82. The highest BCUT2D eigenvalue weighted by molar-refractivity contribution is 8.02. The second-order valence-corrected chi connectivity index (χ2v) is 8.45. The van der Waals surface area contributed by atoms with Crippen LogP contribution in [0.1, 0.15) is 56.8 Å². The number of hydrogen-bond donors (Lipinski definition) is 0. The van der Waals surface area contributed by atoms with Crippen LogP contribution in [-0.4, -0.2) is 35.2 Å². The van der Waals surface area contributed by atoms with E-state index in [-0.39, 0.29) is 5.78 Å². The van der Waals surface area contributed by atoms with Gasteiger partial charge in [-0.3, -0.25) is 9.59 Å². The lowest BCUT2D eigenvalue weighted by Crippen LogP contribution is -2.48. The minimum Gasteiger partial charge on any atom is -0.465 e. The zero-order valence-electron chi connectivity index (χ0n) is 15.1. The van der Waals surface area contributed by atoms with E-state index in [4.69, 9.17) is 4.74 Å². The van der Waals surface area contributed by atoms with Gasteiger partial charge < -0.3 is 9.47 Å². The lowest BCUT2D eigenvalue weighted by atomic mass is 9.87. The minimum absolute atomic E-state index is 0.0879. The molecule has 1 saturated carbocycles. The third-order valence-corrected chi connectivity index (χ3v) is 5.38. The maximum Gasteiger partial charge on any atom is 0.337 e. The monoisotopic (exact) mass is 364 g/mol. The third-order valence-electron chi connectivity index (χ3n) is 3.93. The number of ketones is 1. The van der Waals surface area contributed by atoms with E-state index >= 15 is 0 Å². The average Bonchev–Trinajstić information content (AvgIpc) is 2.55. The second-order valence-electron chi connectivity index (χ2n) is 7.08.